The molecule has 0 aliphatic heterocycles. The van der Waals surface area contributed by atoms with Gasteiger partial charge in [-0.25, -0.2) is 0 Å². The molecule has 1 aromatic rings. The lowest BCUT2D eigenvalue weighted by molar-refractivity contribution is 0.0185. The fourth-order valence-electron chi connectivity index (χ4n) is 1.07. The second-order valence-electron chi connectivity index (χ2n) is 2.94. The van der Waals surface area contributed by atoms with E-state index in [0.29, 0.717) is 12.8 Å². The summed E-state index contributed by atoms with van der Waals surface area (Å²) in [6, 6.07) is 1.95. The van der Waals surface area contributed by atoms with E-state index in [1.54, 1.807) is 11.3 Å². The van der Waals surface area contributed by atoms with Gasteiger partial charge in [0.1, 0.15) is 0 Å². The summed E-state index contributed by atoms with van der Waals surface area (Å²) < 4.78 is 1.01. The van der Waals surface area contributed by atoms with Gasteiger partial charge in [0.2, 0.25) is 0 Å². The summed E-state index contributed by atoms with van der Waals surface area (Å²) in [4.78, 5) is 1.08. The largest absolute Gasteiger partial charge is 0.390 e. The lowest BCUT2D eigenvalue weighted by atomic mass is 10.1. The standard InChI is InChI=1S/C9H13BrO2S/c1-2-7(11)8(12)5-9-6(10)3-4-13-9/h3-4,7-8,11-12H,2,5H2,1H3. The SMILES string of the molecule is CCC(O)C(O)Cc1sccc1Br. The van der Waals surface area contributed by atoms with Crippen molar-refractivity contribution in [2.75, 3.05) is 0 Å². The van der Waals surface area contributed by atoms with Gasteiger partial charge >= 0.3 is 0 Å². The number of aliphatic hydroxyl groups is 2. The van der Waals surface area contributed by atoms with E-state index in [1.807, 2.05) is 18.4 Å². The van der Waals surface area contributed by atoms with Crippen LogP contribution in [0.2, 0.25) is 0 Å². The molecule has 0 saturated heterocycles. The number of rotatable bonds is 4. The molecule has 1 aromatic heterocycles. The zero-order valence-electron chi connectivity index (χ0n) is 7.40. The molecule has 0 aromatic carbocycles. The van der Waals surface area contributed by atoms with Crippen LogP contribution in [0.4, 0.5) is 0 Å². The van der Waals surface area contributed by atoms with Gasteiger partial charge in [-0.3, -0.25) is 0 Å². The molecule has 2 N–H and O–H groups in total. The Labute approximate surface area is 90.4 Å². The zero-order valence-corrected chi connectivity index (χ0v) is 9.81. The smallest absolute Gasteiger partial charge is 0.0847 e. The average molecular weight is 265 g/mol. The highest BCUT2D eigenvalue weighted by Gasteiger charge is 2.16. The Morgan fingerprint density at radius 3 is 2.62 bits per heavy atom. The Balaban J connectivity index is 2.54. The van der Waals surface area contributed by atoms with Crippen LogP contribution in [0, 0.1) is 0 Å². The fraction of sp³-hybridized carbons (Fsp3) is 0.556. The van der Waals surface area contributed by atoms with Crippen molar-refractivity contribution in [2.45, 2.75) is 32.0 Å². The predicted octanol–water partition coefficient (Wildman–Crippen LogP) is 2.18. The molecule has 2 atom stereocenters. The number of hydrogen-bond donors (Lipinski definition) is 2. The second kappa shape index (κ2) is 5.10. The second-order valence-corrected chi connectivity index (χ2v) is 4.79. The van der Waals surface area contributed by atoms with Gasteiger partial charge < -0.3 is 10.2 Å². The van der Waals surface area contributed by atoms with E-state index >= 15 is 0 Å². The Morgan fingerprint density at radius 2 is 2.15 bits per heavy atom. The molecule has 0 saturated carbocycles. The van der Waals surface area contributed by atoms with Crippen molar-refractivity contribution in [1.29, 1.82) is 0 Å². The summed E-state index contributed by atoms with van der Waals surface area (Å²) >= 11 is 4.97. The first kappa shape index (κ1) is 11.2. The van der Waals surface area contributed by atoms with Crippen molar-refractivity contribution >= 4 is 27.3 Å². The third-order valence-electron chi connectivity index (χ3n) is 1.95. The molecule has 0 spiro atoms. The Morgan fingerprint density at radius 1 is 1.46 bits per heavy atom. The summed E-state index contributed by atoms with van der Waals surface area (Å²) in [5.41, 5.74) is 0. The van der Waals surface area contributed by atoms with Crippen LogP contribution < -0.4 is 0 Å². The maximum Gasteiger partial charge on any atom is 0.0847 e. The van der Waals surface area contributed by atoms with Crippen LogP contribution in [-0.4, -0.2) is 22.4 Å². The molecular formula is C9H13BrO2S. The van der Waals surface area contributed by atoms with Crippen molar-refractivity contribution in [3.05, 3.63) is 20.8 Å². The molecule has 0 aliphatic carbocycles. The Bertz CT molecular complexity index is 262. The number of hydrogen-bond acceptors (Lipinski definition) is 3. The van der Waals surface area contributed by atoms with Crippen molar-refractivity contribution in [2.24, 2.45) is 0 Å². The molecule has 4 heteroatoms. The van der Waals surface area contributed by atoms with Gasteiger partial charge in [-0.2, -0.15) is 0 Å². The molecule has 2 unspecified atom stereocenters. The highest BCUT2D eigenvalue weighted by molar-refractivity contribution is 9.10. The number of halogens is 1. The summed E-state index contributed by atoms with van der Waals surface area (Å²) in [7, 11) is 0. The van der Waals surface area contributed by atoms with E-state index < -0.39 is 12.2 Å². The predicted molar refractivity (Wildman–Crippen MR) is 58.0 cm³/mol. The molecule has 13 heavy (non-hydrogen) atoms. The normalized spacial score (nSPS) is 15.7. The fourth-order valence-corrected chi connectivity index (χ4v) is 2.63. The lowest BCUT2D eigenvalue weighted by Crippen LogP contribution is -2.26. The molecule has 0 fully saturated rings. The van der Waals surface area contributed by atoms with Crippen LogP contribution in [-0.2, 0) is 6.42 Å². The molecule has 0 radical (unpaired) electrons. The van der Waals surface area contributed by atoms with Crippen molar-refractivity contribution in [3.63, 3.8) is 0 Å². The van der Waals surface area contributed by atoms with E-state index in [4.69, 9.17) is 0 Å². The minimum Gasteiger partial charge on any atom is -0.390 e. The van der Waals surface area contributed by atoms with E-state index in [0.717, 1.165) is 9.35 Å². The molecule has 0 aliphatic rings. The van der Waals surface area contributed by atoms with Gasteiger partial charge in [-0.1, -0.05) is 6.92 Å². The summed E-state index contributed by atoms with van der Waals surface area (Å²) in [5.74, 6) is 0. The Hall–Kier alpha value is 0.100. The van der Waals surface area contributed by atoms with E-state index in [2.05, 4.69) is 15.9 Å². The average Bonchev–Trinajstić information content (AvgIpc) is 2.50. The molecule has 1 heterocycles. The molecule has 0 bridgehead atoms. The minimum absolute atomic E-state index is 0.521. The first-order valence-electron chi connectivity index (χ1n) is 4.23. The van der Waals surface area contributed by atoms with Gasteiger partial charge in [0.15, 0.2) is 0 Å². The first-order valence-corrected chi connectivity index (χ1v) is 5.90. The lowest BCUT2D eigenvalue weighted by Gasteiger charge is -2.15. The minimum atomic E-state index is -0.653. The van der Waals surface area contributed by atoms with Crippen molar-refractivity contribution in [3.8, 4) is 0 Å². The number of thiophene rings is 1. The van der Waals surface area contributed by atoms with Gasteiger partial charge in [0.25, 0.3) is 0 Å². The van der Waals surface area contributed by atoms with Gasteiger partial charge in [0, 0.05) is 15.8 Å². The van der Waals surface area contributed by atoms with Crippen molar-refractivity contribution < 1.29 is 10.2 Å². The molecule has 1 rings (SSSR count). The van der Waals surface area contributed by atoms with Crippen LogP contribution in [0.5, 0.6) is 0 Å². The first-order chi connectivity index (χ1) is 6.15. The van der Waals surface area contributed by atoms with Crippen LogP contribution in [0.25, 0.3) is 0 Å². The summed E-state index contributed by atoms with van der Waals surface area (Å²) in [5, 5.41) is 20.9. The van der Waals surface area contributed by atoms with Crippen molar-refractivity contribution in [1.82, 2.24) is 0 Å². The highest BCUT2D eigenvalue weighted by Crippen LogP contribution is 2.24. The molecule has 74 valence electrons. The van der Waals surface area contributed by atoms with Crippen LogP contribution in [0.3, 0.4) is 0 Å². The molecule has 0 amide bonds. The summed E-state index contributed by atoms with van der Waals surface area (Å²) in [6.45, 7) is 1.86. The van der Waals surface area contributed by atoms with Crippen LogP contribution in [0.1, 0.15) is 18.2 Å². The van der Waals surface area contributed by atoms with E-state index in [1.165, 1.54) is 0 Å². The topological polar surface area (TPSA) is 40.5 Å². The van der Waals surface area contributed by atoms with Gasteiger partial charge in [-0.05, 0) is 33.8 Å². The molecular weight excluding hydrogens is 252 g/mol. The zero-order chi connectivity index (χ0) is 9.84. The quantitative estimate of drug-likeness (QED) is 0.876. The third kappa shape index (κ3) is 3.06. The van der Waals surface area contributed by atoms with Gasteiger partial charge in [0.05, 0.1) is 12.2 Å². The third-order valence-corrected chi connectivity index (χ3v) is 3.90. The maximum atomic E-state index is 9.55. The van der Waals surface area contributed by atoms with Crippen LogP contribution in [0.15, 0.2) is 15.9 Å². The van der Waals surface area contributed by atoms with E-state index in [-0.39, 0.29) is 0 Å². The number of aliphatic hydroxyl groups excluding tert-OH is 2. The van der Waals surface area contributed by atoms with Gasteiger partial charge in [-0.15, -0.1) is 11.3 Å². The van der Waals surface area contributed by atoms with Crippen LogP contribution >= 0.6 is 27.3 Å². The highest BCUT2D eigenvalue weighted by atomic mass is 79.9. The van der Waals surface area contributed by atoms with E-state index in [9.17, 15) is 10.2 Å². The maximum absolute atomic E-state index is 9.55. The molecule has 2 nitrogen and oxygen atoms in total. The monoisotopic (exact) mass is 264 g/mol. The Kier molecular flexibility index (Phi) is 4.38. The summed E-state index contributed by atoms with van der Waals surface area (Å²) in [6.07, 6.45) is -0.161.